The van der Waals surface area contributed by atoms with E-state index < -0.39 is 0 Å². The van der Waals surface area contributed by atoms with Crippen molar-refractivity contribution >= 4 is 5.69 Å². The van der Waals surface area contributed by atoms with Crippen molar-refractivity contribution in [3.63, 3.8) is 0 Å². The van der Waals surface area contributed by atoms with E-state index in [-0.39, 0.29) is 0 Å². The molecule has 2 nitrogen and oxygen atoms in total. The average Bonchev–Trinajstić information content (AvgIpc) is 2.22. The molecule has 0 atom stereocenters. The Hall–Kier alpha value is -1.28. The number of hydrogen-bond acceptors (Lipinski definition) is 2. The molecule has 0 saturated carbocycles. The smallest absolute Gasteiger partial charge is 0.0346 e. The summed E-state index contributed by atoms with van der Waals surface area (Å²) in [5, 5.41) is 0. The second-order valence-electron chi connectivity index (χ2n) is 4.50. The quantitative estimate of drug-likeness (QED) is 0.608. The van der Waals surface area contributed by atoms with Gasteiger partial charge < -0.3 is 5.73 Å². The zero-order valence-electron chi connectivity index (χ0n) is 10.5. The summed E-state index contributed by atoms with van der Waals surface area (Å²) in [6.45, 7) is 12.0. The molecule has 88 valence electrons. The van der Waals surface area contributed by atoms with E-state index in [1.165, 1.54) is 5.56 Å². The van der Waals surface area contributed by atoms with Crippen molar-refractivity contribution in [2.45, 2.75) is 33.4 Å². The summed E-state index contributed by atoms with van der Waals surface area (Å²) in [6, 6.07) is 6.80. The average molecular weight is 218 g/mol. The molecule has 0 amide bonds. The highest BCUT2D eigenvalue weighted by Gasteiger charge is 2.08. The van der Waals surface area contributed by atoms with E-state index in [2.05, 4.69) is 43.5 Å². The summed E-state index contributed by atoms with van der Waals surface area (Å²) in [7, 11) is 0. The first kappa shape index (κ1) is 12.8. The van der Waals surface area contributed by atoms with Crippen LogP contribution in [0.4, 0.5) is 5.69 Å². The molecule has 2 N–H and O–H groups in total. The van der Waals surface area contributed by atoms with Crippen molar-refractivity contribution in [2.24, 2.45) is 0 Å². The molecule has 1 aromatic rings. The predicted molar refractivity (Wildman–Crippen MR) is 71.3 cm³/mol. The van der Waals surface area contributed by atoms with Gasteiger partial charge in [-0.05, 0) is 38.0 Å². The van der Waals surface area contributed by atoms with Crippen LogP contribution >= 0.6 is 0 Å². The van der Waals surface area contributed by atoms with Crippen LogP contribution in [0.15, 0.2) is 30.9 Å². The van der Waals surface area contributed by atoms with Gasteiger partial charge in [-0.1, -0.05) is 18.2 Å². The maximum absolute atomic E-state index is 5.91. The molecule has 2 heteroatoms. The van der Waals surface area contributed by atoms with Gasteiger partial charge in [-0.25, -0.2) is 0 Å². The first-order valence-corrected chi connectivity index (χ1v) is 5.74. The van der Waals surface area contributed by atoms with Gasteiger partial charge in [-0.3, -0.25) is 4.90 Å². The fourth-order valence-electron chi connectivity index (χ4n) is 1.65. The van der Waals surface area contributed by atoms with Crippen LogP contribution in [0, 0.1) is 6.92 Å². The molecule has 0 fully saturated rings. The minimum atomic E-state index is 0.514. The number of rotatable bonds is 5. The number of anilines is 1. The lowest BCUT2D eigenvalue weighted by Crippen LogP contribution is -2.30. The van der Waals surface area contributed by atoms with Crippen molar-refractivity contribution in [1.29, 1.82) is 0 Å². The molecule has 0 aliphatic heterocycles. The van der Waals surface area contributed by atoms with Crippen LogP contribution in [0.2, 0.25) is 0 Å². The SMILES string of the molecule is C=CCN(Cc1ccc(C)c(N)c1)C(C)C. The Kier molecular flexibility index (Phi) is 4.56. The molecule has 0 unspecified atom stereocenters. The van der Waals surface area contributed by atoms with Crippen molar-refractivity contribution in [1.82, 2.24) is 4.90 Å². The second-order valence-corrected chi connectivity index (χ2v) is 4.50. The minimum absolute atomic E-state index is 0.514. The summed E-state index contributed by atoms with van der Waals surface area (Å²) in [5.74, 6) is 0. The van der Waals surface area contributed by atoms with Gasteiger partial charge in [0, 0.05) is 24.8 Å². The van der Waals surface area contributed by atoms with Gasteiger partial charge in [0.1, 0.15) is 0 Å². The molecule has 16 heavy (non-hydrogen) atoms. The lowest BCUT2D eigenvalue weighted by atomic mass is 10.1. The normalized spacial score (nSPS) is 11.1. The summed E-state index contributed by atoms with van der Waals surface area (Å²) in [5.41, 5.74) is 9.19. The molecule has 0 heterocycles. The molecule has 0 aliphatic rings. The molecule has 1 aromatic carbocycles. The predicted octanol–water partition coefficient (Wildman–Crippen LogP) is 2.97. The largest absolute Gasteiger partial charge is 0.399 e. The van der Waals surface area contributed by atoms with Crippen molar-refractivity contribution in [2.75, 3.05) is 12.3 Å². The van der Waals surface area contributed by atoms with Crippen LogP contribution in [-0.2, 0) is 6.54 Å². The Bertz CT molecular complexity index is 356. The maximum Gasteiger partial charge on any atom is 0.0346 e. The van der Waals surface area contributed by atoms with E-state index >= 15 is 0 Å². The third-order valence-corrected chi connectivity index (χ3v) is 2.82. The Balaban J connectivity index is 2.77. The Morgan fingerprint density at radius 1 is 1.44 bits per heavy atom. The summed E-state index contributed by atoms with van der Waals surface area (Å²) in [4.78, 5) is 2.36. The monoisotopic (exact) mass is 218 g/mol. The van der Waals surface area contributed by atoms with Gasteiger partial charge in [0.15, 0.2) is 0 Å². The van der Waals surface area contributed by atoms with E-state index in [0.29, 0.717) is 6.04 Å². The number of nitrogens with zero attached hydrogens (tertiary/aromatic N) is 1. The van der Waals surface area contributed by atoms with E-state index in [1.807, 2.05) is 13.0 Å². The molecule has 0 bridgehead atoms. The fraction of sp³-hybridized carbons (Fsp3) is 0.429. The Morgan fingerprint density at radius 3 is 2.62 bits per heavy atom. The van der Waals surface area contributed by atoms with Gasteiger partial charge in [0.2, 0.25) is 0 Å². The molecule has 0 aromatic heterocycles. The van der Waals surface area contributed by atoms with E-state index in [4.69, 9.17) is 5.73 Å². The fourth-order valence-corrected chi connectivity index (χ4v) is 1.65. The van der Waals surface area contributed by atoms with Crippen LogP contribution in [0.25, 0.3) is 0 Å². The molecule has 0 radical (unpaired) electrons. The number of hydrogen-bond donors (Lipinski definition) is 1. The summed E-state index contributed by atoms with van der Waals surface area (Å²) in [6.07, 6.45) is 1.94. The number of aryl methyl sites for hydroxylation is 1. The molecule has 0 aliphatic carbocycles. The highest BCUT2D eigenvalue weighted by Crippen LogP contribution is 2.15. The Morgan fingerprint density at radius 2 is 2.12 bits per heavy atom. The van der Waals surface area contributed by atoms with Gasteiger partial charge in [-0.15, -0.1) is 6.58 Å². The Labute approximate surface area is 98.8 Å². The van der Waals surface area contributed by atoms with Gasteiger partial charge >= 0.3 is 0 Å². The van der Waals surface area contributed by atoms with Crippen LogP contribution in [0.5, 0.6) is 0 Å². The first-order valence-electron chi connectivity index (χ1n) is 5.74. The summed E-state index contributed by atoms with van der Waals surface area (Å²) < 4.78 is 0. The van der Waals surface area contributed by atoms with E-state index in [1.54, 1.807) is 0 Å². The minimum Gasteiger partial charge on any atom is -0.399 e. The van der Waals surface area contributed by atoms with Crippen molar-refractivity contribution < 1.29 is 0 Å². The topological polar surface area (TPSA) is 29.3 Å². The van der Waals surface area contributed by atoms with Gasteiger partial charge in [-0.2, -0.15) is 0 Å². The van der Waals surface area contributed by atoms with Gasteiger partial charge in [0.05, 0.1) is 0 Å². The van der Waals surface area contributed by atoms with E-state index in [9.17, 15) is 0 Å². The molecule has 1 rings (SSSR count). The summed E-state index contributed by atoms with van der Waals surface area (Å²) >= 11 is 0. The van der Waals surface area contributed by atoms with Crippen LogP contribution in [-0.4, -0.2) is 17.5 Å². The van der Waals surface area contributed by atoms with E-state index in [0.717, 1.165) is 24.3 Å². The van der Waals surface area contributed by atoms with Crippen LogP contribution in [0.3, 0.4) is 0 Å². The molecular weight excluding hydrogens is 196 g/mol. The first-order chi connectivity index (χ1) is 7.54. The second kappa shape index (κ2) is 5.71. The third-order valence-electron chi connectivity index (χ3n) is 2.82. The lowest BCUT2D eigenvalue weighted by Gasteiger charge is -2.25. The van der Waals surface area contributed by atoms with Gasteiger partial charge in [0.25, 0.3) is 0 Å². The third kappa shape index (κ3) is 3.38. The van der Waals surface area contributed by atoms with Crippen LogP contribution in [0.1, 0.15) is 25.0 Å². The highest BCUT2D eigenvalue weighted by molar-refractivity contribution is 5.48. The zero-order valence-corrected chi connectivity index (χ0v) is 10.5. The lowest BCUT2D eigenvalue weighted by molar-refractivity contribution is 0.237. The molecule has 0 saturated heterocycles. The molecular formula is C14H22N2. The van der Waals surface area contributed by atoms with Crippen molar-refractivity contribution in [3.05, 3.63) is 42.0 Å². The number of benzene rings is 1. The highest BCUT2D eigenvalue weighted by atomic mass is 15.1. The molecule has 0 spiro atoms. The van der Waals surface area contributed by atoms with Crippen LogP contribution < -0.4 is 5.73 Å². The number of nitrogens with two attached hydrogens (primary N) is 1. The van der Waals surface area contributed by atoms with Crippen molar-refractivity contribution in [3.8, 4) is 0 Å². The standard InChI is InChI=1S/C14H22N2/c1-5-8-16(11(2)3)10-13-7-6-12(4)14(15)9-13/h5-7,9,11H,1,8,10,15H2,2-4H3. The zero-order chi connectivity index (χ0) is 12.1. The number of nitrogen functional groups attached to an aromatic ring is 1. The maximum atomic E-state index is 5.91.